The second kappa shape index (κ2) is 12.0. The Morgan fingerprint density at radius 1 is 0.636 bits per heavy atom. The zero-order chi connectivity index (χ0) is 29.9. The van der Waals surface area contributed by atoms with Crippen molar-refractivity contribution in [3.05, 3.63) is 181 Å². The molecule has 44 heavy (non-hydrogen) atoms. The van der Waals surface area contributed by atoms with Gasteiger partial charge in [0.1, 0.15) is 0 Å². The van der Waals surface area contributed by atoms with Crippen LogP contribution < -0.4 is 0 Å². The molecule has 0 aliphatic carbocycles. The number of fused-ring (bicyclic) bond motifs is 3. The third-order valence-electron chi connectivity index (χ3n) is 8.59. The molecule has 0 N–H and O–H groups in total. The van der Waals surface area contributed by atoms with Crippen molar-refractivity contribution in [2.75, 3.05) is 0 Å². The number of aryl methyl sites for hydroxylation is 1. The molecule has 1 atom stereocenters. The van der Waals surface area contributed by atoms with Crippen molar-refractivity contribution in [3.63, 3.8) is 0 Å². The molecule has 6 aromatic rings. The van der Waals surface area contributed by atoms with Crippen LogP contribution in [0.4, 0.5) is 0 Å². The molecule has 1 heteroatoms. The maximum Gasteiger partial charge on any atom is 0.0671 e. The Labute approximate surface area is 259 Å². The minimum absolute atomic E-state index is 0.0727. The molecule has 210 valence electrons. The molecule has 0 bridgehead atoms. The number of allylic oxidation sites excluding steroid dienone is 5. The number of nitrogens with zero attached hydrogens (tertiary/aromatic N) is 1. The Morgan fingerprint density at radius 2 is 1.36 bits per heavy atom. The fraction of sp³-hybridized carbons (Fsp3) is 0.0465. The molecular formula is C43H33N. The lowest BCUT2D eigenvalue weighted by Gasteiger charge is -2.18. The maximum absolute atomic E-state index is 4.86. The first-order valence-corrected chi connectivity index (χ1v) is 15.1. The van der Waals surface area contributed by atoms with Crippen LogP contribution in [0.25, 0.3) is 55.6 Å². The summed E-state index contributed by atoms with van der Waals surface area (Å²) in [5, 5.41) is 5.08. The third kappa shape index (κ3) is 5.14. The lowest BCUT2D eigenvalue weighted by Crippen LogP contribution is -1.97. The van der Waals surface area contributed by atoms with Gasteiger partial charge in [0.05, 0.1) is 5.70 Å². The van der Waals surface area contributed by atoms with Gasteiger partial charge < -0.3 is 0 Å². The van der Waals surface area contributed by atoms with Gasteiger partial charge in [0.2, 0.25) is 0 Å². The van der Waals surface area contributed by atoms with Gasteiger partial charge in [0.25, 0.3) is 0 Å². The largest absolute Gasteiger partial charge is 0.257 e. The summed E-state index contributed by atoms with van der Waals surface area (Å²) in [6, 6.07) is 43.6. The quantitative estimate of drug-likeness (QED) is 0.141. The van der Waals surface area contributed by atoms with Gasteiger partial charge in [-0.25, -0.2) is 0 Å². The summed E-state index contributed by atoms with van der Waals surface area (Å²) in [6.07, 6.45) is 14.6. The van der Waals surface area contributed by atoms with Gasteiger partial charge in [-0.2, -0.15) is 0 Å². The van der Waals surface area contributed by atoms with Gasteiger partial charge >= 0.3 is 0 Å². The van der Waals surface area contributed by atoms with Crippen molar-refractivity contribution in [2.24, 2.45) is 4.99 Å². The summed E-state index contributed by atoms with van der Waals surface area (Å²) in [7, 11) is 0. The highest BCUT2D eigenvalue weighted by molar-refractivity contribution is 6.13. The van der Waals surface area contributed by atoms with Crippen LogP contribution >= 0.6 is 0 Å². The average Bonchev–Trinajstić information content (AvgIpc) is 3.35. The summed E-state index contributed by atoms with van der Waals surface area (Å²) < 4.78 is 0. The smallest absolute Gasteiger partial charge is 0.0671 e. The van der Waals surface area contributed by atoms with E-state index < -0.39 is 0 Å². The Balaban J connectivity index is 1.34. The highest BCUT2D eigenvalue weighted by Gasteiger charge is 2.17. The number of hydrogen-bond acceptors (Lipinski definition) is 1. The average molecular weight is 564 g/mol. The normalized spacial score (nSPS) is 14.7. The molecule has 0 saturated heterocycles. The lowest BCUT2D eigenvalue weighted by molar-refractivity contribution is 1.09. The monoisotopic (exact) mass is 563 g/mol. The van der Waals surface area contributed by atoms with E-state index in [-0.39, 0.29) is 5.92 Å². The number of rotatable bonds is 6. The van der Waals surface area contributed by atoms with Crippen LogP contribution in [-0.2, 0) is 0 Å². The Bertz CT molecular complexity index is 2140. The van der Waals surface area contributed by atoms with Crippen molar-refractivity contribution in [1.82, 2.24) is 0 Å². The zero-order valence-corrected chi connectivity index (χ0v) is 24.8. The molecular weight excluding hydrogens is 530 g/mol. The summed E-state index contributed by atoms with van der Waals surface area (Å²) >= 11 is 0. The molecule has 0 radical (unpaired) electrons. The van der Waals surface area contributed by atoms with Crippen molar-refractivity contribution in [2.45, 2.75) is 12.8 Å². The van der Waals surface area contributed by atoms with Crippen LogP contribution in [-0.4, -0.2) is 6.21 Å². The van der Waals surface area contributed by atoms with E-state index in [0.29, 0.717) is 0 Å². The first-order chi connectivity index (χ1) is 21.7. The fourth-order valence-corrected chi connectivity index (χ4v) is 6.40. The Kier molecular flexibility index (Phi) is 7.44. The zero-order valence-electron chi connectivity index (χ0n) is 24.8. The van der Waals surface area contributed by atoms with E-state index in [1.165, 1.54) is 60.5 Å². The molecule has 0 fully saturated rings. The van der Waals surface area contributed by atoms with Crippen LogP contribution in [0.2, 0.25) is 0 Å². The fourth-order valence-electron chi connectivity index (χ4n) is 6.40. The van der Waals surface area contributed by atoms with Crippen molar-refractivity contribution < 1.29 is 0 Å². The lowest BCUT2D eigenvalue weighted by atomic mass is 9.86. The number of aliphatic imine (C=N–C) groups is 1. The first-order valence-electron chi connectivity index (χ1n) is 15.1. The molecule has 1 heterocycles. The molecule has 1 aliphatic heterocycles. The minimum Gasteiger partial charge on any atom is -0.257 e. The second-order valence-corrected chi connectivity index (χ2v) is 11.2. The predicted molar refractivity (Wildman–Crippen MR) is 191 cm³/mol. The minimum atomic E-state index is 0.0727. The topological polar surface area (TPSA) is 12.4 Å². The molecule has 1 unspecified atom stereocenters. The van der Waals surface area contributed by atoms with Crippen LogP contribution in [0.5, 0.6) is 0 Å². The van der Waals surface area contributed by atoms with Gasteiger partial charge in [-0.3, -0.25) is 4.99 Å². The van der Waals surface area contributed by atoms with Crippen molar-refractivity contribution >= 4 is 39.5 Å². The Morgan fingerprint density at radius 3 is 2.23 bits per heavy atom. The SMILES string of the molecule is C=C/C=C\c1c(C)c2cc(-c3ccccc3C3C=CC=NC(c4cccc(-c5ccccc5)c4)=C3)ccc2c2ccccc12. The summed E-state index contributed by atoms with van der Waals surface area (Å²) in [5.74, 6) is 0.0727. The summed E-state index contributed by atoms with van der Waals surface area (Å²) in [5.41, 5.74) is 10.7. The van der Waals surface area contributed by atoms with Crippen molar-refractivity contribution in [1.29, 1.82) is 0 Å². The van der Waals surface area contributed by atoms with Crippen molar-refractivity contribution in [3.8, 4) is 22.3 Å². The van der Waals surface area contributed by atoms with Gasteiger partial charge in [-0.05, 0) is 91.7 Å². The Hall–Kier alpha value is -5.53. The van der Waals surface area contributed by atoms with Crippen LogP contribution in [0, 0.1) is 6.92 Å². The van der Waals surface area contributed by atoms with E-state index in [4.69, 9.17) is 4.99 Å². The van der Waals surface area contributed by atoms with E-state index in [1.54, 1.807) is 0 Å². The summed E-state index contributed by atoms with van der Waals surface area (Å²) in [6.45, 7) is 6.13. The van der Waals surface area contributed by atoms with E-state index in [1.807, 2.05) is 18.4 Å². The second-order valence-electron chi connectivity index (χ2n) is 11.2. The number of benzene rings is 6. The van der Waals surface area contributed by atoms with E-state index in [9.17, 15) is 0 Å². The van der Waals surface area contributed by atoms with E-state index in [0.717, 1.165) is 11.3 Å². The maximum atomic E-state index is 4.86. The highest BCUT2D eigenvalue weighted by atomic mass is 14.7. The highest BCUT2D eigenvalue weighted by Crippen LogP contribution is 2.39. The van der Waals surface area contributed by atoms with Gasteiger partial charge in [0.15, 0.2) is 0 Å². The van der Waals surface area contributed by atoms with Crippen LogP contribution in [0.1, 0.15) is 28.2 Å². The van der Waals surface area contributed by atoms with Gasteiger partial charge in [0, 0.05) is 17.7 Å². The van der Waals surface area contributed by atoms with Gasteiger partial charge in [-0.1, -0.05) is 140 Å². The summed E-state index contributed by atoms with van der Waals surface area (Å²) in [4.78, 5) is 4.86. The van der Waals surface area contributed by atoms with E-state index >= 15 is 0 Å². The molecule has 1 nitrogen and oxygen atoms in total. The van der Waals surface area contributed by atoms with Crippen LogP contribution in [0.3, 0.4) is 0 Å². The molecule has 0 spiro atoms. The predicted octanol–water partition coefficient (Wildman–Crippen LogP) is 11.6. The molecule has 6 aromatic carbocycles. The van der Waals surface area contributed by atoms with Crippen LogP contribution in [0.15, 0.2) is 163 Å². The molecule has 0 amide bonds. The molecule has 7 rings (SSSR count). The third-order valence-corrected chi connectivity index (χ3v) is 8.59. The van der Waals surface area contributed by atoms with Gasteiger partial charge in [-0.15, -0.1) is 0 Å². The molecule has 0 aromatic heterocycles. The first kappa shape index (κ1) is 27.3. The molecule has 1 aliphatic rings. The van der Waals surface area contributed by atoms with E-state index in [2.05, 4.69) is 159 Å². The standard InChI is InChI=1S/C43H33N/c1-3-4-19-36-30(2)42-28-34(24-25-41(42)40-23-11-10-22-39(36)40)38-21-9-8-20-37(38)33-18-13-26-44-43(29-33)35-17-12-16-32(27-35)31-14-6-5-7-15-31/h3-29,33H,1H2,2H3/b19-4-. The molecule has 0 saturated carbocycles. The number of hydrogen-bond donors (Lipinski definition) is 0.